The van der Waals surface area contributed by atoms with E-state index in [4.69, 9.17) is 0 Å². The number of pyridine rings is 1. The fourth-order valence-electron chi connectivity index (χ4n) is 3.04. The molecule has 5 nitrogen and oxygen atoms in total. The fourth-order valence-corrected chi connectivity index (χ4v) is 3.04. The molecule has 2 N–H and O–H groups in total. The molecular weight excluding hydrogens is 350 g/mol. The maximum absolute atomic E-state index is 12.8. The zero-order chi connectivity index (χ0) is 19.8. The van der Waals surface area contributed by atoms with Gasteiger partial charge in [-0.05, 0) is 36.2 Å². The van der Waals surface area contributed by atoms with Crippen LogP contribution in [0.4, 0.5) is 0 Å². The Kier molecular flexibility index (Phi) is 6.73. The van der Waals surface area contributed by atoms with Crippen LogP contribution in [-0.2, 0) is 4.79 Å². The minimum Gasteiger partial charge on any atom is -0.354 e. The second kappa shape index (κ2) is 9.65. The minimum atomic E-state index is -0.302. The van der Waals surface area contributed by atoms with Crippen LogP contribution in [0.3, 0.4) is 0 Å². The minimum absolute atomic E-state index is 0.00816. The summed E-state index contributed by atoms with van der Waals surface area (Å²) in [7, 11) is 0. The molecule has 0 spiro atoms. The van der Waals surface area contributed by atoms with Gasteiger partial charge in [-0.15, -0.1) is 0 Å². The molecule has 1 unspecified atom stereocenters. The third-order valence-electron chi connectivity index (χ3n) is 4.63. The highest BCUT2D eigenvalue weighted by Gasteiger charge is 2.17. The zero-order valence-electron chi connectivity index (χ0n) is 16.0. The first-order valence-electron chi connectivity index (χ1n) is 9.64. The smallest absolute Gasteiger partial charge is 0.251 e. The average molecular weight is 375 g/mol. The number of fused-ring (bicyclic) bond motifs is 1. The fraction of sp³-hybridized carbons (Fsp3) is 0.261. The molecule has 2 amide bonds. The molecule has 28 heavy (non-hydrogen) atoms. The van der Waals surface area contributed by atoms with Gasteiger partial charge in [0.25, 0.3) is 5.91 Å². The lowest BCUT2D eigenvalue weighted by Crippen LogP contribution is -2.37. The topological polar surface area (TPSA) is 71.1 Å². The van der Waals surface area contributed by atoms with Crippen molar-refractivity contribution in [3.8, 4) is 0 Å². The summed E-state index contributed by atoms with van der Waals surface area (Å²) >= 11 is 0. The van der Waals surface area contributed by atoms with Gasteiger partial charge in [0.2, 0.25) is 5.91 Å². The van der Waals surface area contributed by atoms with Gasteiger partial charge >= 0.3 is 0 Å². The number of nitrogens with zero attached hydrogens (tertiary/aromatic N) is 1. The quantitative estimate of drug-likeness (QED) is 0.625. The van der Waals surface area contributed by atoms with E-state index >= 15 is 0 Å². The van der Waals surface area contributed by atoms with Crippen LogP contribution in [0.25, 0.3) is 10.9 Å². The molecule has 0 saturated carbocycles. The molecule has 0 fully saturated rings. The Morgan fingerprint density at radius 3 is 2.64 bits per heavy atom. The van der Waals surface area contributed by atoms with Crippen molar-refractivity contribution in [1.82, 2.24) is 15.6 Å². The van der Waals surface area contributed by atoms with Gasteiger partial charge in [-0.2, -0.15) is 0 Å². The highest BCUT2D eigenvalue weighted by Crippen LogP contribution is 2.16. The molecule has 1 atom stereocenters. The Labute approximate surface area is 165 Å². The van der Waals surface area contributed by atoms with Crippen molar-refractivity contribution < 1.29 is 9.59 Å². The summed E-state index contributed by atoms with van der Waals surface area (Å²) < 4.78 is 0. The maximum Gasteiger partial charge on any atom is 0.251 e. The molecule has 0 aliphatic rings. The van der Waals surface area contributed by atoms with E-state index in [0.717, 1.165) is 29.3 Å². The Morgan fingerprint density at radius 2 is 1.86 bits per heavy atom. The van der Waals surface area contributed by atoms with Crippen LogP contribution < -0.4 is 10.6 Å². The second-order valence-electron chi connectivity index (χ2n) is 6.76. The van der Waals surface area contributed by atoms with Crippen LogP contribution in [0.2, 0.25) is 0 Å². The lowest BCUT2D eigenvalue weighted by molar-refractivity contribution is -0.121. The van der Waals surface area contributed by atoms with E-state index in [1.54, 1.807) is 12.3 Å². The van der Waals surface area contributed by atoms with E-state index in [1.807, 2.05) is 54.6 Å². The van der Waals surface area contributed by atoms with E-state index in [9.17, 15) is 9.59 Å². The summed E-state index contributed by atoms with van der Waals surface area (Å²) in [6, 6.07) is 18.6. The van der Waals surface area contributed by atoms with Crippen molar-refractivity contribution in [3.63, 3.8) is 0 Å². The van der Waals surface area contributed by atoms with Gasteiger partial charge in [0.1, 0.15) is 0 Å². The van der Waals surface area contributed by atoms with Gasteiger partial charge in [-0.3, -0.25) is 14.6 Å². The largest absolute Gasteiger partial charge is 0.354 e. The van der Waals surface area contributed by atoms with E-state index in [2.05, 4.69) is 22.5 Å². The summed E-state index contributed by atoms with van der Waals surface area (Å²) in [6.45, 7) is 2.41. The summed E-state index contributed by atoms with van der Waals surface area (Å²) in [5, 5.41) is 6.91. The highest BCUT2D eigenvalue weighted by atomic mass is 16.2. The number of rotatable bonds is 8. The van der Waals surface area contributed by atoms with Crippen molar-refractivity contribution >= 4 is 22.7 Å². The number of benzene rings is 2. The molecule has 1 aromatic heterocycles. The normalized spacial score (nSPS) is 11.8. The number of unbranched alkanes of at least 4 members (excludes halogenated alkanes) is 1. The molecular formula is C23H25N3O2. The van der Waals surface area contributed by atoms with Crippen molar-refractivity contribution in [2.45, 2.75) is 32.2 Å². The van der Waals surface area contributed by atoms with Gasteiger partial charge in [0.05, 0.1) is 11.6 Å². The van der Waals surface area contributed by atoms with Crippen LogP contribution in [-0.4, -0.2) is 23.3 Å². The molecule has 5 heteroatoms. The van der Waals surface area contributed by atoms with E-state index in [-0.39, 0.29) is 17.9 Å². The van der Waals surface area contributed by atoms with Gasteiger partial charge in [-0.25, -0.2) is 0 Å². The first-order valence-corrected chi connectivity index (χ1v) is 9.64. The Morgan fingerprint density at radius 1 is 1.04 bits per heavy atom. The van der Waals surface area contributed by atoms with Crippen LogP contribution in [0.5, 0.6) is 0 Å². The predicted octanol–water partition coefficient (Wildman–Crippen LogP) is 4.01. The third kappa shape index (κ3) is 5.16. The van der Waals surface area contributed by atoms with Gasteiger partial charge in [-0.1, -0.05) is 49.7 Å². The summed E-state index contributed by atoms with van der Waals surface area (Å²) in [4.78, 5) is 29.1. The second-order valence-corrected chi connectivity index (χ2v) is 6.76. The molecule has 0 bridgehead atoms. The summed E-state index contributed by atoms with van der Waals surface area (Å²) in [5.41, 5.74) is 2.37. The monoisotopic (exact) mass is 375 g/mol. The number of aromatic nitrogens is 1. The zero-order valence-corrected chi connectivity index (χ0v) is 16.0. The molecule has 1 heterocycles. The molecule has 144 valence electrons. The Hall–Kier alpha value is -3.21. The number of nitrogens with one attached hydrogen (secondary N) is 2. The van der Waals surface area contributed by atoms with E-state index < -0.39 is 0 Å². The van der Waals surface area contributed by atoms with Crippen molar-refractivity contribution in [2.24, 2.45) is 0 Å². The number of hydrogen-bond donors (Lipinski definition) is 2. The molecule has 2 aromatic carbocycles. The Balaban J connectivity index is 1.73. The van der Waals surface area contributed by atoms with Crippen LogP contribution in [0.1, 0.15) is 48.1 Å². The molecule has 0 radical (unpaired) electrons. The first kappa shape index (κ1) is 19.5. The van der Waals surface area contributed by atoms with E-state index in [1.165, 1.54) is 0 Å². The van der Waals surface area contributed by atoms with Gasteiger partial charge in [0.15, 0.2) is 0 Å². The van der Waals surface area contributed by atoms with Crippen molar-refractivity contribution in [3.05, 3.63) is 78.0 Å². The van der Waals surface area contributed by atoms with Gasteiger partial charge < -0.3 is 10.6 Å². The van der Waals surface area contributed by atoms with Gasteiger partial charge in [0, 0.05) is 30.1 Å². The van der Waals surface area contributed by atoms with Crippen LogP contribution in [0, 0.1) is 0 Å². The van der Waals surface area contributed by atoms with E-state index in [0.29, 0.717) is 18.5 Å². The molecule has 3 rings (SSSR count). The third-order valence-corrected chi connectivity index (χ3v) is 4.63. The molecule has 0 saturated heterocycles. The van der Waals surface area contributed by atoms with Crippen molar-refractivity contribution in [1.29, 1.82) is 0 Å². The number of hydrogen-bond acceptors (Lipinski definition) is 3. The highest BCUT2D eigenvalue weighted by molar-refractivity contribution is 5.98. The number of amides is 2. The Bertz CT molecular complexity index is 941. The lowest BCUT2D eigenvalue weighted by atomic mass is 10.1. The van der Waals surface area contributed by atoms with Crippen LogP contribution in [0.15, 0.2) is 66.9 Å². The predicted molar refractivity (Wildman–Crippen MR) is 111 cm³/mol. The molecule has 0 aliphatic carbocycles. The lowest BCUT2D eigenvalue weighted by Gasteiger charge is -2.20. The summed E-state index contributed by atoms with van der Waals surface area (Å²) in [6.07, 6.45) is 4.07. The molecule has 0 aliphatic heterocycles. The van der Waals surface area contributed by atoms with Crippen molar-refractivity contribution in [2.75, 3.05) is 6.54 Å². The number of carbonyl (C=O) groups is 2. The average Bonchev–Trinajstić information content (AvgIpc) is 2.75. The standard InChI is InChI=1S/C23H25N3O2/c1-2-3-11-22(27)25-16-21(17-8-5-4-6-9-17)26-23(28)19-12-13-20-18(15-19)10-7-14-24-20/h4-10,12-15,21H,2-3,11,16H2,1H3,(H,25,27)(H,26,28). The number of carbonyl (C=O) groups excluding carboxylic acids is 2. The SMILES string of the molecule is CCCCC(=O)NCC(NC(=O)c1ccc2ncccc2c1)c1ccccc1. The maximum atomic E-state index is 12.8. The molecule has 3 aromatic rings. The first-order chi connectivity index (χ1) is 13.7. The summed E-state index contributed by atoms with van der Waals surface area (Å²) in [5.74, 6) is -0.170. The van der Waals surface area contributed by atoms with Crippen LogP contribution >= 0.6 is 0 Å².